The molecule has 1 aliphatic carbocycles. The number of allylic oxidation sites excluding steroid dienone is 1. The van der Waals surface area contributed by atoms with Crippen molar-refractivity contribution in [2.24, 2.45) is 0 Å². The lowest BCUT2D eigenvalue weighted by Gasteiger charge is -2.19. The fraction of sp³-hybridized carbons (Fsp3) is 0.333. The highest BCUT2D eigenvalue weighted by atomic mass is 32.2. The van der Waals surface area contributed by atoms with Crippen molar-refractivity contribution in [3.8, 4) is 0 Å². The van der Waals surface area contributed by atoms with Gasteiger partial charge in [-0.25, -0.2) is 17.5 Å². The van der Waals surface area contributed by atoms with Crippen molar-refractivity contribution < 1.29 is 12.8 Å². The lowest BCUT2D eigenvalue weighted by molar-refractivity contribution is 0.522. The average Bonchev–Trinajstić information content (AvgIpc) is 2.30. The largest absolute Gasteiger partial charge is 0.240 e. The molecule has 1 aromatic carbocycles. The summed E-state index contributed by atoms with van der Waals surface area (Å²) in [5.74, 6) is -0.440. The van der Waals surface area contributed by atoms with Crippen molar-refractivity contribution in [2.75, 3.05) is 0 Å². The van der Waals surface area contributed by atoms with E-state index in [-0.39, 0.29) is 10.9 Å². The van der Waals surface area contributed by atoms with Crippen LogP contribution in [0.3, 0.4) is 0 Å². The second-order valence-corrected chi connectivity index (χ2v) is 5.77. The minimum Gasteiger partial charge on any atom is -0.208 e. The summed E-state index contributed by atoms with van der Waals surface area (Å²) >= 11 is 0. The first-order chi connectivity index (χ1) is 8.08. The predicted molar refractivity (Wildman–Crippen MR) is 63.5 cm³/mol. The number of rotatable bonds is 3. The quantitative estimate of drug-likeness (QED) is 0.842. The van der Waals surface area contributed by atoms with Crippen LogP contribution in [-0.2, 0) is 10.0 Å². The van der Waals surface area contributed by atoms with Crippen LogP contribution in [0, 0.1) is 5.82 Å². The molecule has 0 fully saturated rings. The number of benzene rings is 1. The van der Waals surface area contributed by atoms with Gasteiger partial charge in [-0.05, 0) is 43.5 Å². The second-order valence-electron chi connectivity index (χ2n) is 4.06. The summed E-state index contributed by atoms with van der Waals surface area (Å²) < 4.78 is 39.2. The molecule has 0 heterocycles. The highest BCUT2D eigenvalue weighted by Crippen LogP contribution is 2.15. The van der Waals surface area contributed by atoms with Gasteiger partial charge in [0, 0.05) is 6.04 Å². The minimum absolute atomic E-state index is 0.0601. The molecule has 1 N–H and O–H groups in total. The third-order valence-electron chi connectivity index (χ3n) is 2.71. The Bertz CT molecular complexity index is 508. The number of nitrogens with one attached hydrogen (secondary N) is 1. The van der Waals surface area contributed by atoms with Gasteiger partial charge in [0.2, 0.25) is 10.0 Å². The van der Waals surface area contributed by atoms with Crippen LogP contribution in [0.15, 0.2) is 41.3 Å². The topological polar surface area (TPSA) is 46.2 Å². The summed E-state index contributed by atoms with van der Waals surface area (Å²) in [5.41, 5.74) is 0. The summed E-state index contributed by atoms with van der Waals surface area (Å²) in [6.45, 7) is 0. The fourth-order valence-corrected chi connectivity index (χ4v) is 3.09. The lowest BCUT2D eigenvalue weighted by atomic mass is 10.0. The Hall–Kier alpha value is -1.20. The van der Waals surface area contributed by atoms with E-state index >= 15 is 0 Å². The van der Waals surface area contributed by atoms with E-state index in [0.29, 0.717) is 6.42 Å². The smallest absolute Gasteiger partial charge is 0.208 e. The molecule has 5 heteroatoms. The van der Waals surface area contributed by atoms with E-state index in [4.69, 9.17) is 0 Å². The molecule has 0 spiro atoms. The van der Waals surface area contributed by atoms with Gasteiger partial charge >= 0.3 is 0 Å². The van der Waals surface area contributed by atoms with Gasteiger partial charge < -0.3 is 0 Å². The Kier molecular flexibility index (Phi) is 3.59. The van der Waals surface area contributed by atoms with Crippen molar-refractivity contribution in [3.05, 3.63) is 42.2 Å². The molecule has 0 amide bonds. The molecule has 0 radical (unpaired) electrons. The lowest BCUT2D eigenvalue weighted by Crippen LogP contribution is -2.35. The number of hydrogen-bond donors (Lipinski definition) is 1. The molecule has 0 aliphatic heterocycles. The maximum atomic E-state index is 12.7. The van der Waals surface area contributed by atoms with Crippen LogP contribution in [-0.4, -0.2) is 14.5 Å². The van der Waals surface area contributed by atoms with Crippen LogP contribution in [0.5, 0.6) is 0 Å². The van der Waals surface area contributed by atoms with E-state index in [9.17, 15) is 12.8 Å². The van der Waals surface area contributed by atoms with E-state index in [2.05, 4.69) is 4.72 Å². The summed E-state index contributed by atoms with van der Waals surface area (Å²) in [6, 6.07) is 4.78. The zero-order valence-electron chi connectivity index (χ0n) is 9.27. The number of sulfonamides is 1. The monoisotopic (exact) mass is 255 g/mol. The summed E-state index contributed by atoms with van der Waals surface area (Å²) in [7, 11) is -3.53. The molecule has 2 rings (SSSR count). The maximum Gasteiger partial charge on any atom is 0.240 e. The molecular weight excluding hydrogens is 241 g/mol. The highest BCUT2D eigenvalue weighted by molar-refractivity contribution is 7.89. The van der Waals surface area contributed by atoms with Crippen molar-refractivity contribution in [1.82, 2.24) is 4.72 Å². The SMILES string of the molecule is O=S(=O)(NC1CC=CCC1)c1ccc(F)cc1. The minimum atomic E-state index is -3.53. The van der Waals surface area contributed by atoms with E-state index in [0.717, 1.165) is 25.0 Å². The molecular formula is C12H14FNO2S. The Morgan fingerprint density at radius 2 is 1.88 bits per heavy atom. The van der Waals surface area contributed by atoms with Crippen molar-refractivity contribution >= 4 is 10.0 Å². The van der Waals surface area contributed by atoms with Gasteiger partial charge in [-0.1, -0.05) is 12.2 Å². The van der Waals surface area contributed by atoms with Gasteiger partial charge in [-0.3, -0.25) is 0 Å². The summed E-state index contributed by atoms with van der Waals surface area (Å²) in [4.78, 5) is 0.105. The molecule has 1 unspecified atom stereocenters. The first kappa shape index (κ1) is 12.3. The van der Waals surface area contributed by atoms with Crippen molar-refractivity contribution in [3.63, 3.8) is 0 Å². The molecule has 1 atom stereocenters. The normalized spacial score (nSPS) is 20.4. The molecule has 92 valence electrons. The molecule has 0 saturated carbocycles. The Balaban J connectivity index is 2.13. The van der Waals surface area contributed by atoms with Crippen molar-refractivity contribution in [1.29, 1.82) is 0 Å². The number of hydrogen-bond acceptors (Lipinski definition) is 2. The van der Waals surface area contributed by atoms with Crippen molar-refractivity contribution in [2.45, 2.75) is 30.2 Å². The Morgan fingerprint density at radius 3 is 2.47 bits per heavy atom. The molecule has 3 nitrogen and oxygen atoms in total. The molecule has 0 bridgehead atoms. The first-order valence-electron chi connectivity index (χ1n) is 5.51. The molecule has 1 aromatic rings. The Labute approximate surface area is 100 Å². The molecule has 1 aliphatic rings. The van der Waals surface area contributed by atoms with Gasteiger partial charge in [0.25, 0.3) is 0 Å². The van der Waals surface area contributed by atoms with Gasteiger partial charge in [-0.15, -0.1) is 0 Å². The molecule has 17 heavy (non-hydrogen) atoms. The predicted octanol–water partition coefficient (Wildman–Crippen LogP) is 2.21. The first-order valence-corrected chi connectivity index (χ1v) is 6.99. The zero-order chi connectivity index (χ0) is 12.3. The zero-order valence-corrected chi connectivity index (χ0v) is 10.1. The van der Waals surface area contributed by atoms with Crippen LogP contribution in [0.25, 0.3) is 0 Å². The van der Waals surface area contributed by atoms with Gasteiger partial charge in [-0.2, -0.15) is 0 Å². The van der Waals surface area contributed by atoms with Crippen LogP contribution < -0.4 is 4.72 Å². The summed E-state index contributed by atoms with van der Waals surface area (Å²) in [6.07, 6.45) is 6.41. The van der Waals surface area contributed by atoms with Crippen LogP contribution in [0.1, 0.15) is 19.3 Å². The van der Waals surface area contributed by atoms with E-state index in [1.807, 2.05) is 12.2 Å². The van der Waals surface area contributed by atoms with Gasteiger partial charge in [0.05, 0.1) is 4.90 Å². The Morgan fingerprint density at radius 1 is 1.18 bits per heavy atom. The van der Waals surface area contributed by atoms with E-state index in [1.54, 1.807) is 0 Å². The highest BCUT2D eigenvalue weighted by Gasteiger charge is 2.19. The van der Waals surface area contributed by atoms with Crippen LogP contribution in [0.4, 0.5) is 4.39 Å². The molecule has 0 aromatic heterocycles. The van der Waals surface area contributed by atoms with Gasteiger partial charge in [0.1, 0.15) is 5.82 Å². The number of halogens is 1. The van der Waals surface area contributed by atoms with E-state index < -0.39 is 15.8 Å². The van der Waals surface area contributed by atoms with Crippen LogP contribution in [0.2, 0.25) is 0 Å². The standard InChI is InChI=1S/C12H14FNO2S/c13-10-6-8-12(9-7-10)17(15,16)14-11-4-2-1-3-5-11/h1-2,6-9,11,14H,3-5H2. The van der Waals surface area contributed by atoms with Crippen LogP contribution >= 0.6 is 0 Å². The average molecular weight is 255 g/mol. The maximum absolute atomic E-state index is 12.7. The second kappa shape index (κ2) is 4.98. The summed E-state index contributed by atoms with van der Waals surface area (Å²) in [5, 5.41) is 0. The van der Waals surface area contributed by atoms with E-state index in [1.165, 1.54) is 12.1 Å². The third-order valence-corrected chi connectivity index (χ3v) is 4.25. The molecule has 0 saturated heterocycles. The fourth-order valence-electron chi connectivity index (χ4n) is 1.80. The third kappa shape index (κ3) is 3.14. The van der Waals surface area contributed by atoms with Gasteiger partial charge in [0.15, 0.2) is 0 Å².